The SMILES string of the molecule is Cc1cc(-c2[c-]cc(-c3ccccc3)c(-c3ccccc3)c2)nc[c]1[Ge]([CH3])([CH3])[CH3].[Ir].[c-]1ccc2c(sc3ccc(-c4ccccc4)cc32)c1-c1cc(CC2CCCCC2)ccn1. The molecule has 10 rings (SSSR count). The van der Waals surface area contributed by atoms with Gasteiger partial charge in [-0.1, -0.05) is 85.5 Å². The third-order valence-electron chi connectivity index (χ3n) is 12.2. The normalized spacial score (nSPS) is 13.0. The average molecular weight is 1060 g/mol. The molecule has 1 aliphatic rings. The molecule has 3 aromatic heterocycles. The molecule has 0 spiro atoms. The van der Waals surface area contributed by atoms with Gasteiger partial charge in [-0.05, 0) is 57.4 Å². The average Bonchev–Trinajstić information content (AvgIpc) is 3.68. The molecule has 0 unspecified atom stereocenters. The predicted octanol–water partition coefficient (Wildman–Crippen LogP) is 15.4. The van der Waals surface area contributed by atoms with E-state index in [1.54, 1.807) is 0 Å². The van der Waals surface area contributed by atoms with Gasteiger partial charge in [-0.25, -0.2) is 0 Å². The fourth-order valence-electron chi connectivity index (χ4n) is 9.05. The fraction of sp³-hybridized carbons (Fsp3) is 0.193. The molecule has 0 bridgehead atoms. The van der Waals surface area contributed by atoms with Gasteiger partial charge in [0.05, 0.1) is 0 Å². The second-order valence-corrected chi connectivity index (χ2v) is 29.2. The number of pyridine rings is 2. The number of thiophene rings is 1. The van der Waals surface area contributed by atoms with Gasteiger partial charge in [-0.2, -0.15) is 11.3 Å². The van der Waals surface area contributed by atoms with Gasteiger partial charge in [0.25, 0.3) is 0 Å². The van der Waals surface area contributed by atoms with E-state index in [4.69, 9.17) is 9.97 Å². The molecule has 0 atom stereocenters. The third-order valence-corrected chi connectivity index (χ3v) is 17.9. The summed E-state index contributed by atoms with van der Waals surface area (Å²) in [4.78, 5) is 9.59. The van der Waals surface area contributed by atoms with Gasteiger partial charge in [-0.15, -0.1) is 23.8 Å². The van der Waals surface area contributed by atoms with E-state index in [0.717, 1.165) is 28.4 Å². The molecule has 1 radical (unpaired) electrons. The number of hydrogen-bond donors (Lipinski definition) is 0. The van der Waals surface area contributed by atoms with Gasteiger partial charge < -0.3 is 4.98 Å². The summed E-state index contributed by atoms with van der Waals surface area (Å²) < 4.78 is 4.08. The van der Waals surface area contributed by atoms with Crippen LogP contribution in [0.25, 0.3) is 76.1 Å². The molecule has 0 saturated heterocycles. The Morgan fingerprint density at radius 1 is 0.629 bits per heavy atom. The first-order valence-electron chi connectivity index (χ1n) is 21.8. The van der Waals surface area contributed by atoms with Crippen LogP contribution in [-0.2, 0) is 26.5 Å². The molecule has 0 amide bonds. The first-order chi connectivity index (χ1) is 29.8. The molecule has 311 valence electrons. The van der Waals surface area contributed by atoms with E-state index in [1.165, 1.54) is 108 Å². The van der Waals surface area contributed by atoms with Crippen molar-refractivity contribution in [1.82, 2.24) is 9.97 Å². The molecule has 1 saturated carbocycles. The minimum atomic E-state index is -1.91. The molecule has 3 heterocycles. The summed E-state index contributed by atoms with van der Waals surface area (Å²) in [6.07, 6.45) is 12.2. The van der Waals surface area contributed by atoms with Crippen LogP contribution in [0.5, 0.6) is 0 Å². The zero-order chi connectivity index (χ0) is 41.8. The first kappa shape index (κ1) is 43.7. The zero-order valence-electron chi connectivity index (χ0n) is 36.0. The van der Waals surface area contributed by atoms with E-state index in [9.17, 15) is 0 Å². The van der Waals surface area contributed by atoms with Gasteiger partial charge >= 0.3 is 177 Å². The van der Waals surface area contributed by atoms with Gasteiger partial charge in [0.1, 0.15) is 0 Å². The standard InChI is InChI=1S/C30H26NS.C27H26GeN.Ir/c1-3-8-21(9-4-1)18-22-16-17-31-28(19-22)26-13-7-12-25-27-20-24(23-10-5-2-6-11-23)14-15-29(27)32-30(25)26;1-20-17-27(29-19-26(20)28(2,3)4)23-15-16-24(21-11-7-5-8-12-21)25(18-23)22-13-9-6-10-14-22;/h2,5-7,10-12,14-17,19-21H,1,3-4,8-9,18H2;5-14,16-19H,1-4H3;/q2*-1;. The molecule has 6 aromatic carbocycles. The quantitative estimate of drug-likeness (QED) is 0.112. The molecule has 5 heteroatoms. The number of benzene rings is 6. The summed E-state index contributed by atoms with van der Waals surface area (Å²) in [7, 11) is 0. The maximum absolute atomic E-state index is 4.83. The van der Waals surface area contributed by atoms with Crippen LogP contribution >= 0.6 is 11.3 Å². The number of fused-ring (bicyclic) bond motifs is 3. The van der Waals surface area contributed by atoms with E-state index in [0.29, 0.717) is 0 Å². The van der Waals surface area contributed by atoms with E-state index in [1.807, 2.05) is 17.5 Å². The van der Waals surface area contributed by atoms with Crippen molar-refractivity contribution in [3.63, 3.8) is 0 Å². The summed E-state index contributed by atoms with van der Waals surface area (Å²) in [5, 5.41) is 2.62. The van der Waals surface area contributed by atoms with E-state index >= 15 is 0 Å². The Balaban J connectivity index is 0.000000169. The smallest absolute Gasteiger partial charge is 0.0240 e. The first-order valence-corrected chi connectivity index (χ1v) is 30.0. The second kappa shape index (κ2) is 19.6. The monoisotopic (exact) mass is 1060 g/mol. The van der Waals surface area contributed by atoms with Crippen molar-refractivity contribution in [2.45, 2.75) is 62.7 Å². The van der Waals surface area contributed by atoms with Crippen molar-refractivity contribution in [2.75, 3.05) is 0 Å². The number of rotatable bonds is 8. The topological polar surface area (TPSA) is 25.8 Å². The van der Waals surface area contributed by atoms with Crippen LogP contribution < -0.4 is 4.40 Å². The molecule has 62 heavy (non-hydrogen) atoms. The van der Waals surface area contributed by atoms with Crippen molar-refractivity contribution in [1.29, 1.82) is 0 Å². The van der Waals surface area contributed by atoms with E-state index in [-0.39, 0.29) is 20.1 Å². The van der Waals surface area contributed by atoms with Crippen LogP contribution in [0.2, 0.25) is 17.3 Å². The predicted molar refractivity (Wildman–Crippen MR) is 264 cm³/mol. The Kier molecular flexibility index (Phi) is 13.8. The largest absolute Gasteiger partial charge is 0.305 e. The number of nitrogens with zero attached hydrogens (tertiary/aromatic N) is 2. The van der Waals surface area contributed by atoms with Gasteiger partial charge in [-0.3, -0.25) is 0 Å². The fourth-order valence-corrected chi connectivity index (χ4v) is 13.8. The second-order valence-electron chi connectivity index (χ2n) is 17.6. The summed E-state index contributed by atoms with van der Waals surface area (Å²) in [5.41, 5.74) is 14.3. The maximum atomic E-state index is 4.83. The summed E-state index contributed by atoms with van der Waals surface area (Å²) in [6, 6.07) is 60.9. The van der Waals surface area contributed by atoms with Crippen molar-refractivity contribution < 1.29 is 20.1 Å². The van der Waals surface area contributed by atoms with E-state index in [2.05, 4.69) is 194 Å². The Bertz CT molecular complexity index is 2910. The van der Waals surface area contributed by atoms with Crippen LogP contribution in [-0.4, -0.2) is 23.2 Å². The van der Waals surface area contributed by atoms with Crippen LogP contribution in [0.1, 0.15) is 43.2 Å². The Hall–Kier alpha value is -4.97. The minimum absolute atomic E-state index is 0. The van der Waals surface area contributed by atoms with Gasteiger partial charge in [0.15, 0.2) is 0 Å². The molecule has 0 N–H and O–H groups in total. The molecule has 9 aromatic rings. The number of aromatic nitrogens is 2. The minimum Gasteiger partial charge on any atom is -0.305 e. The summed E-state index contributed by atoms with van der Waals surface area (Å²) in [6.45, 7) is 2.22. The van der Waals surface area contributed by atoms with Crippen molar-refractivity contribution in [2.24, 2.45) is 5.92 Å². The number of aryl methyl sites for hydroxylation is 1. The third kappa shape index (κ3) is 9.80. The summed E-state index contributed by atoms with van der Waals surface area (Å²) in [5.74, 6) is 8.08. The number of hydrogen-bond acceptors (Lipinski definition) is 3. The van der Waals surface area contributed by atoms with Gasteiger partial charge in [0, 0.05) is 31.0 Å². The Morgan fingerprint density at radius 3 is 1.98 bits per heavy atom. The van der Waals surface area contributed by atoms with Crippen LogP contribution in [0, 0.1) is 25.0 Å². The maximum Gasteiger partial charge on any atom is 0.0240 e. The Labute approximate surface area is 388 Å². The molecule has 2 nitrogen and oxygen atoms in total. The van der Waals surface area contributed by atoms with Crippen molar-refractivity contribution in [3.8, 4) is 55.9 Å². The van der Waals surface area contributed by atoms with Crippen LogP contribution in [0.3, 0.4) is 0 Å². The van der Waals surface area contributed by atoms with Crippen LogP contribution in [0.15, 0.2) is 164 Å². The van der Waals surface area contributed by atoms with Crippen molar-refractivity contribution >= 4 is 49.2 Å². The Morgan fingerprint density at radius 2 is 1.31 bits per heavy atom. The molecule has 1 aliphatic carbocycles. The van der Waals surface area contributed by atoms with Crippen LogP contribution in [0.4, 0.5) is 0 Å². The molecular weight excluding hydrogens is 1010 g/mol. The molecule has 1 fully saturated rings. The van der Waals surface area contributed by atoms with E-state index < -0.39 is 13.3 Å². The summed E-state index contributed by atoms with van der Waals surface area (Å²) >= 11 is -0.0518. The van der Waals surface area contributed by atoms with Crippen molar-refractivity contribution in [3.05, 3.63) is 187 Å². The van der Waals surface area contributed by atoms with Gasteiger partial charge in [0.2, 0.25) is 0 Å². The zero-order valence-corrected chi connectivity index (χ0v) is 41.4. The molecular formula is C57H52GeIrN2S-2. The molecule has 0 aliphatic heterocycles.